The van der Waals surface area contributed by atoms with E-state index in [1.54, 1.807) is 29.1 Å². The highest BCUT2D eigenvalue weighted by molar-refractivity contribution is 9.10. The Morgan fingerprint density at radius 2 is 1.95 bits per heavy atom. The van der Waals surface area contributed by atoms with Gasteiger partial charge in [-0.15, -0.1) is 0 Å². The highest BCUT2D eigenvalue weighted by Crippen LogP contribution is 2.20. The fraction of sp³-hybridized carbons (Fsp3) is 0.133. The van der Waals surface area contributed by atoms with Crippen LogP contribution in [0.25, 0.3) is 0 Å². The Morgan fingerprint density at radius 3 is 2.65 bits per heavy atom. The number of carbonyl (C=O) groups excluding carboxylic acids is 2. The fourth-order valence-corrected chi connectivity index (χ4v) is 2.13. The summed E-state index contributed by atoms with van der Waals surface area (Å²) in [6.45, 7) is 1.66. The van der Waals surface area contributed by atoms with Crippen LogP contribution in [0, 0.1) is 0 Å². The summed E-state index contributed by atoms with van der Waals surface area (Å²) in [5.74, 6) is -0.173. The molecule has 0 bridgehead atoms. The van der Waals surface area contributed by atoms with E-state index in [9.17, 15) is 9.59 Å². The van der Waals surface area contributed by atoms with Gasteiger partial charge in [0, 0.05) is 10.5 Å². The predicted molar refractivity (Wildman–Crippen MR) is 79.4 cm³/mol. The van der Waals surface area contributed by atoms with Gasteiger partial charge in [-0.2, -0.15) is 4.57 Å². The minimum atomic E-state index is -0.150. The maximum absolute atomic E-state index is 12.0. The van der Waals surface area contributed by atoms with Gasteiger partial charge in [-0.1, -0.05) is 12.1 Å². The highest BCUT2D eigenvalue weighted by atomic mass is 79.9. The van der Waals surface area contributed by atoms with Crippen LogP contribution in [0.4, 0.5) is 5.69 Å². The third kappa shape index (κ3) is 3.74. The largest absolute Gasteiger partial charge is 0.320 e. The molecule has 0 spiro atoms. The van der Waals surface area contributed by atoms with Crippen molar-refractivity contribution in [2.24, 2.45) is 0 Å². The zero-order chi connectivity index (χ0) is 14.5. The smallest absolute Gasteiger partial charge is 0.290 e. The summed E-state index contributed by atoms with van der Waals surface area (Å²) in [7, 11) is 0. The predicted octanol–water partition coefficient (Wildman–Crippen LogP) is 2.58. The van der Waals surface area contributed by atoms with Crippen LogP contribution in [0.1, 0.15) is 17.3 Å². The van der Waals surface area contributed by atoms with Crippen molar-refractivity contribution in [3.63, 3.8) is 0 Å². The number of anilines is 1. The molecule has 2 aromatic rings. The molecule has 1 aromatic carbocycles. The number of hydrogen-bond acceptors (Lipinski definition) is 2. The summed E-state index contributed by atoms with van der Waals surface area (Å²) >= 11 is 3.37. The summed E-state index contributed by atoms with van der Waals surface area (Å²) in [4.78, 5) is 23.3. The quantitative estimate of drug-likeness (QED) is 0.690. The molecule has 0 saturated heterocycles. The number of para-hydroxylation sites is 1. The van der Waals surface area contributed by atoms with E-state index in [1.165, 1.54) is 6.92 Å². The lowest BCUT2D eigenvalue weighted by molar-refractivity contribution is -0.684. The Hall–Kier alpha value is -2.01. The molecule has 0 radical (unpaired) electrons. The maximum Gasteiger partial charge on any atom is 0.290 e. The van der Waals surface area contributed by atoms with Gasteiger partial charge in [0.25, 0.3) is 5.91 Å². The van der Waals surface area contributed by atoms with E-state index in [2.05, 4.69) is 21.2 Å². The zero-order valence-electron chi connectivity index (χ0n) is 11.0. The number of nitrogens with one attached hydrogen (secondary N) is 1. The van der Waals surface area contributed by atoms with Gasteiger partial charge in [0.1, 0.15) is 0 Å². The van der Waals surface area contributed by atoms with Crippen molar-refractivity contribution < 1.29 is 14.2 Å². The lowest BCUT2D eigenvalue weighted by Crippen LogP contribution is -2.40. The van der Waals surface area contributed by atoms with Crippen molar-refractivity contribution >= 4 is 33.3 Å². The summed E-state index contributed by atoms with van der Waals surface area (Å²) in [5.41, 5.74) is 1.31. The monoisotopic (exact) mass is 333 g/mol. The van der Waals surface area contributed by atoms with Crippen LogP contribution in [0.3, 0.4) is 0 Å². The Labute approximate surface area is 125 Å². The average molecular weight is 334 g/mol. The Kier molecular flexibility index (Phi) is 4.63. The minimum Gasteiger partial charge on any atom is -0.320 e. The molecule has 1 aromatic heterocycles. The molecule has 1 amide bonds. The van der Waals surface area contributed by atoms with Gasteiger partial charge in [-0.3, -0.25) is 9.59 Å². The van der Waals surface area contributed by atoms with E-state index >= 15 is 0 Å². The summed E-state index contributed by atoms with van der Waals surface area (Å²) in [6, 6.07) is 10.9. The standard InChI is InChI=1S/C15H13BrN2O2/c1-11(19)12-5-4-8-18(9-12)10-15(20)17-14-7-3-2-6-13(14)16/h2-9H,10H2,1H3/p+1. The molecule has 0 atom stereocenters. The summed E-state index contributed by atoms with van der Waals surface area (Å²) in [6.07, 6.45) is 3.42. The number of hydrogen-bond donors (Lipinski definition) is 1. The first-order valence-electron chi connectivity index (χ1n) is 6.10. The van der Waals surface area contributed by atoms with Crippen molar-refractivity contribution in [3.05, 3.63) is 58.8 Å². The molecule has 1 heterocycles. The van der Waals surface area contributed by atoms with E-state index in [0.717, 1.165) is 10.2 Å². The first-order chi connectivity index (χ1) is 9.56. The van der Waals surface area contributed by atoms with Gasteiger partial charge in [0.2, 0.25) is 6.54 Å². The van der Waals surface area contributed by atoms with Crippen molar-refractivity contribution in [2.75, 3.05) is 5.32 Å². The van der Waals surface area contributed by atoms with Gasteiger partial charge in [0.15, 0.2) is 18.2 Å². The Bertz CT molecular complexity index is 656. The first kappa shape index (κ1) is 14.4. The molecule has 0 aliphatic carbocycles. The van der Waals surface area contributed by atoms with Crippen LogP contribution in [0.2, 0.25) is 0 Å². The van der Waals surface area contributed by atoms with Crippen molar-refractivity contribution in [1.29, 1.82) is 0 Å². The number of nitrogens with zero attached hydrogens (tertiary/aromatic N) is 1. The molecule has 0 aliphatic heterocycles. The SMILES string of the molecule is CC(=O)c1ccc[n+](CC(=O)Nc2ccccc2Br)c1. The molecular weight excluding hydrogens is 320 g/mol. The molecule has 0 unspecified atom stereocenters. The number of amides is 1. The van der Waals surface area contributed by atoms with Crippen LogP contribution >= 0.6 is 15.9 Å². The molecular formula is C15H14BrN2O2+. The van der Waals surface area contributed by atoms with Crippen LogP contribution in [-0.2, 0) is 11.3 Å². The molecule has 102 valence electrons. The maximum atomic E-state index is 12.0. The number of halogens is 1. The van der Waals surface area contributed by atoms with Gasteiger partial charge in [0.05, 0.1) is 11.3 Å². The van der Waals surface area contributed by atoms with E-state index < -0.39 is 0 Å². The molecule has 4 nitrogen and oxygen atoms in total. The summed E-state index contributed by atoms with van der Waals surface area (Å²) < 4.78 is 2.51. The van der Waals surface area contributed by atoms with Gasteiger partial charge in [-0.05, 0) is 41.1 Å². The van der Waals surface area contributed by atoms with Gasteiger partial charge >= 0.3 is 0 Å². The second kappa shape index (κ2) is 6.43. The van der Waals surface area contributed by atoms with E-state index in [1.807, 2.05) is 24.3 Å². The molecule has 1 N–H and O–H groups in total. The van der Waals surface area contributed by atoms with Crippen molar-refractivity contribution in [1.82, 2.24) is 0 Å². The molecule has 0 fully saturated rings. The second-order valence-corrected chi connectivity index (χ2v) is 5.20. The van der Waals surface area contributed by atoms with Crippen LogP contribution < -0.4 is 9.88 Å². The number of ketones is 1. The minimum absolute atomic E-state index is 0.0226. The number of Topliss-reactive ketones (excluding diaryl/α,β-unsaturated/α-hetero) is 1. The van der Waals surface area contributed by atoms with Gasteiger partial charge in [-0.25, -0.2) is 0 Å². The molecule has 5 heteroatoms. The highest BCUT2D eigenvalue weighted by Gasteiger charge is 2.12. The lowest BCUT2D eigenvalue weighted by atomic mass is 10.2. The third-order valence-corrected chi connectivity index (χ3v) is 3.43. The summed E-state index contributed by atoms with van der Waals surface area (Å²) in [5, 5.41) is 2.82. The number of benzene rings is 1. The zero-order valence-corrected chi connectivity index (χ0v) is 12.6. The molecule has 0 saturated carbocycles. The van der Waals surface area contributed by atoms with E-state index in [-0.39, 0.29) is 18.2 Å². The normalized spacial score (nSPS) is 10.1. The average Bonchev–Trinajstić information content (AvgIpc) is 2.41. The third-order valence-electron chi connectivity index (χ3n) is 2.74. The molecule has 0 aliphatic rings. The second-order valence-electron chi connectivity index (χ2n) is 4.35. The van der Waals surface area contributed by atoms with Crippen LogP contribution in [-0.4, -0.2) is 11.7 Å². The first-order valence-corrected chi connectivity index (χ1v) is 6.90. The Morgan fingerprint density at radius 1 is 1.20 bits per heavy atom. The van der Waals surface area contributed by atoms with E-state index in [4.69, 9.17) is 0 Å². The number of carbonyl (C=O) groups is 2. The Balaban J connectivity index is 2.07. The number of aromatic nitrogens is 1. The lowest BCUT2D eigenvalue weighted by Gasteiger charge is -2.05. The van der Waals surface area contributed by atoms with Crippen LogP contribution in [0.5, 0.6) is 0 Å². The fourth-order valence-electron chi connectivity index (χ4n) is 1.75. The molecule has 20 heavy (non-hydrogen) atoms. The number of rotatable bonds is 4. The van der Waals surface area contributed by atoms with Gasteiger partial charge < -0.3 is 5.32 Å². The topological polar surface area (TPSA) is 50.0 Å². The van der Waals surface area contributed by atoms with Crippen molar-refractivity contribution in [2.45, 2.75) is 13.5 Å². The molecule has 2 rings (SSSR count). The van der Waals surface area contributed by atoms with Crippen molar-refractivity contribution in [3.8, 4) is 0 Å². The van der Waals surface area contributed by atoms with E-state index in [0.29, 0.717) is 5.56 Å². The van der Waals surface area contributed by atoms with Crippen LogP contribution in [0.15, 0.2) is 53.3 Å². The number of pyridine rings is 1.